The third-order valence-corrected chi connectivity index (χ3v) is 10.1. The van der Waals surface area contributed by atoms with Crippen molar-refractivity contribution in [2.24, 2.45) is 0 Å². The van der Waals surface area contributed by atoms with E-state index in [1.54, 1.807) is 24.8 Å². The number of alkyl halides is 4. The van der Waals surface area contributed by atoms with Gasteiger partial charge in [0.25, 0.3) is 5.91 Å². The number of aryl methyl sites for hydroxylation is 1. The molecular weight excluding hydrogens is 687 g/mol. The Bertz CT molecular complexity index is 2000. The molecule has 11 nitrogen and oxygen atoms in total. The normalized spacial score (nSPS) is 23.0. The number of anilines is 2. The standard InChI is InChI=1S/C36H39F5N8O3/c1-5-7-21-10-25(42)31(38)29(30(21)36(39,40)41)28-12-26-24(18-51-28)32(47-8-6-9-49-23(17-47)11-27(45-49)33(50)46(3)4)44-34(43-26)52-19-35-13-20(2)15-48(35)16-22(37)14-35/h10-11,22,28H,2,6,8-9,12-19,42H2,1,3-4H3. The van der Waals surface area contributed by atoms with Gasteiger partial charge in [0.1, 0.15) is 18.6 Å². The van der Waals surface area contributed by atoms with Gasteiger partial charge in [0.2, 0.25) is 0 Å². The molecule has 1 amide bonds. The van der Waals surface area contributed by atoms with Crippen molar-refractivity contribution in [3.63, 3.8) is 0 Å². The van der Waals surface area contributed by atoms with E-state index in [4.69, 9.17) is 20.2 Å². The van der Waals surface area contributed by atoms with Crippen molar-refractivity contribution in [1.82, 2.24) is 29.5 Å². The first-order valence-corrected chi connectivity index (χ1v) is 17.0. The molecule has 16 heteroatoms. The largest absolute Gasteiger partial charge is 0.461 e. The van der Waals surface area contributed by atoms with Crippen molar-refractivity contribution in [3.8, 4) is 17.9 Å². The molecule has 6 heterocycles. The zero-order valence-electron chi connectivity index (χ0n) is 29.1. The molecular formula is C36H39F5N8O3. The first-order valence-electron chi connectivity index (χ1n) is 17.0. The third-order valence-electron chi connectivity index (χ3n) is 10.1. The number of nitrogens with zero attached hydrogens (tertiary/aromatic N) is 7. The Balaban J connectivity index is 1.29. The molecule has 0 radical (unpaired) electrons. The van der Waals surface area contributed by atoms with Crippen LogP contribution in [0.2, 0.25) is 0 Å². The van der Waals surface area contributed by atoms with Crippen LogP contribution in [0.4, 0.5) is 33.5 Å². The van der Waals surface area contributed by atoms with Crippen LogP contribution in [0.25, 0.3) is 0 Å². The Kier molecular flexibility index (Phi) is 9.15. The van der Waals surface area contributed by atoms with E-state index in [9.17, 15) is 22.4 Å². The molecule has 3 unspecified atom stereocenters. The minimum absolute atomic E-state index is 0.0496. The maximum absolute atomic E-state index is 15.7. The van der Waals surface area contributed by atoms with E-state index in [0.717, 1.165) is 17.3 Å². The molecule has 3 atom stereocenters. The van der Waals surface area contributed by atoms with E-state index in [0.29, 0.717) is 61.8 Å². The summed E-state index contributed by atoms with van der Waals surface area (Å²) in [7, 11) is 3.29. The number of nitrogen functional groups attached to an aromatic ring is 1. The third kappa shape index (κ3) is 6.44. The minimum atomic E-state index is -4.97. The fraction of sp³-hybridized carbons (Fsp3) is 0.500. The summed E-state index contributed by atoms with van der Waals surface area (Å²) >= 11 is 0. The second-order valence-electron chi connectivity index (χ2n) is 14.1. The number of fused-ring (bicyclic) bond motifs is 3. The van der Waals surface area contributed by atoms with Crippen molar-refractivity contribution < 1.29 is 36.2 Å². The number of carbonyl (C=O) groups excluding carboxylic acids is 1. The monoisotopic (exact) mass is 726 g/mol. The van der Waals surface area contributed by atoms with Crippen LogP contribution in [0.3, 0.4) is 0 Å². The Morgan fingerprint density at radius 3 is 2.75 bits per heavy atom. The zero-order chi connectivity index (χ0) is 37.1. The van der Waals surface area contributed by atoms with Gasteiger partial charge in [-0.15, -0.1) is 5.92 Å². The van der Waals surface area contributed by atoms with E-state index in [-0.39, 0.29) is 44.5 Å². The van der Waals surface area contributed by atoms with Crippen LogP contribution < -0.4 is 15.4 Å². The number of ether oxygens (including phenoxy) is 2. The Morgan fingerprint density at radius 2 is 2.02 bits per heavy atom. The lowest BCUT2D eigenvalue weighted by Crippen LogP contribution is -2.43. The minimum Gasteiger partial charge on any atom is -0.461 e. The Labute approximate surface area is 297 Å². The molecule has 0 aliphatic carbocycles. The molecule has 0 spiro atoms. The molecule has 2 N–H and O–H groups in total. The highest BCUT2D eigenvalue weighted by atomic mass is 19.4. The molecule has 0 bridgehead atoms. The van der Waals surface area contributed by atoms with Gasteiger partial charge >= 0.3 is 12.2 Å². The van der Waals surface area contributed by atoms with Crippen LogP contribution in [0.5, 0.6) is 6.01 Å². The van der Waals surface area contributed by atoms with Crippen LogP contribution in [0.15, 0.2) is 24.3 Å². The second kappa shape index (κ2) is 13.3. The molecule has 2 fully saturated rings. The molecule has 7 rings (SSSR count). The lowest BCUT2D eigenvalue weighted by molar-refractivity contribution is -0.140. The molecule has 0 saturated carbocycles. The SMILES string of the molecule is C=C1CN2CC(F)CC2(COc2nc3c(c(N4CCCn5nc(C(=O)N(C)C)cc5C4)n2)COC(c2c(F)c(N)cc(C#CC)c2C(F)(F)F)C3)C1. The number of aromatic nitrogens is 4. The number of amides is 1. The van der Waals surface area contributed by atoms with Gasteiger partial charge in [0, 0.05) is 69.8 Å². The number of rotatable bonds is 6. The zero-order valence-corrected chi connectivity index (χ0v) is 29.1. The maximum atomic E-state index is 15.7. The first-order chi connectivity index (χ1) is 24.7. The van der Waals surface area contributed by atoms with Gasteiger partial charge in [0.05, 0.1) is 47.4 Å². The summed E-state index contributed by atoms with van der Waals surface area (Å²) in [5, 5.41) is 4.52. The number of hydrogen-bond donors (Lipinski definition) is 1. The van der Waals surface area contributed by atoms with E-state index in [2.05, 4.69) is 28.5 Å². The van der Waals surface area contributed by atoms with E-state index >= 15 is 4.39 Å². The smallest absolute Gasteiger partial charge is 0.418 e. The lowest BCUT2D eigenvalue weighted by atomic mass is 9.91. The Morgan fingerprint density at radius 1 is 1.23 bits per heavy atom. The maximum Gasteiger partial charge on any atom is 0.418 e. The average molecular weight is 727 g/mol. The molecule has 2 aromatic heterocycles. The molecule has 1 aromatic carbocycles. The average Bonchev–Trinajstić information content (AvgIpc) is 3.66. The predicted molar refractivity (Wildman–Crippen MR) is 181 cm³/mol. The first kappa shape index (κ1) is 35.6. The van der Waals surface area contributed by atoms with Crippen molar-refractivity contribution in [1.29, 1.82) is 0 Å². The molecule has 3 aromatic rings. The molecule has 276 valence electrons. The topological polar surface area (TPSA) is 115 Å². The van der Waals surface area contributed by atoms with Gasteiger partial charge in [0.15, 0.2) is 11.5 Å². The quantitative estimate of drug-likeness (QED) is 0.165. The van der Waals surface area contributed by atoms with Gasteiger partial charge in [-0.25, -0.2) is 8.78 Å². The highest BCUT2D eigenvalue weighted by molar-refractivity contribution is 5.92. The molecule has 2 saturated heterocycles. The van der Waals surface area contributed by atoms with Crippen LogP contribution in [-0.2, 0) is 37.0 Å². The lowest BCUT2D eigenvalue weighted by Gasteiger charge is -2.33. The fourth-order valence-corrected chi connectivity index (χ4v) is 7.91. The summed E-state index contributed by atoms with van der Waals surface area (Å²) in [5.74, 6) is 3.81. The van der Waals surface area contributed by atoms with Crippen LogP contribution >= 0.6 is 0 Å². The van der Waals surface area contributed by atoms with Gasteiger partial charge < -0.3 is 25.0 Å². The summed E-state index contributed by atoms with van der Waals surface area (Å²) < 4.78 is 88.2. The molecule has 4 aliphatic heterocycles. The molecule has 4 aliphatic rings. The molecule has 52 heavy (non-hydrogen) atoms. The summed E-state index contributed by atoms with van der Waals surface area (Å²) in [4.78, 5) is 27.6. The van der Waals surface area contributed by atoms with Gasteiger partial charge in [-0.3, -0.25) is 14.4 Å². The number of carbonyl (C=O) groups is 1. The second-order valence-corrected chi connectivity index (χ2v) is 14.1. The fourth-order valence-electron chi connectivity index (χ4n) is 7.91. The predicted octanol–water partition coefficient (Wildman–Crippen LogP) is 4.83. The highest BCUT2D eigenvalue weighted by Gasteiger charge is 2.51. The van der Waals surface area contributed by atoms with Gasteiger partial charge in [-0.2, -0.15) is 28.2 Å². The number of hydrogen-bond acceptors (Lipinski definition) is 9. The van der Waals surface area contributed by atoms with Crippen molar-refractivity contribution in [3.05, 3.63) is 69.4 Å². The van der Waals surface area contributed by atoms with Gasteiger partial charge in [-0.05, 0) is 31.9 Å². The van der Waals surface area contributed by atoms with E-state index < -0.39 is 52.2 Å². The van der Waals surface area contributed by atoms with E-state index in [1.165, 1.54) is 11.8 Å². The number of benzene rings is 1. The van der Waals surface area contributed by atoms with Crippen LogP contribution in [0, 0.1) is 17.7 Å². The summed E-state index contributed by atoms with van der Waals surface area (Å²) in [6, 6.07) is 2.56. The summed E-state index contributed by atoms with van der Waals surface area (Å²) in [6.45, 7) is 7.46. The number of nitrogens with two attached hydrogens (primary N) is 1. The summed E-state index contributed by atoms with van der Waals surface area (Å²) in [6.07, 6.45) is -6.24. The van der Waals surface area contributed by atoms with Crippen LogP contribution in [-0.4, -0.2) is 87.5 Å². The van der Waals surface area contributed by atoms with Crippen molar-refractivity contribution >= 4 is 17.4 Å². The van der Waals surface area contributed by atoms with Crippen molar-refractivity contribution in [2.75, 3.05) is 51.0 Å². The Hall–Kier alpha value is -4.75. The summed E-state index contributed by atoms with van der Waals surface area (Å²) in [5.41, 5.74) is 5.15. The van der Waals surface area contributed by atoms with E-state index in [1.807, 2.05) is 9.80 Å². The number of halogens is 5. The van der Waals surface area contributed by atoms with Crippen LogP contribution in [0.1, 0.15) is 76.4 Å². The highest BCUT2D eigenvalue weighted by Crippen LogP contribution is 2.45. The van der Waals surface area contributed by atoms with Crippen molar-refractivity contribution in [2.45, 2.75) is 76.3 Å². The van der Waals surface area contributed by atoms with Gasteiger partial charge in [-0.1, -0.05) is 18.1 Å².